The predicted octanol–water partition coefficient (Wildman–Crippen LogP) is 4.25. The van der Waals surface area contributed by atoms with Crippen LogP contribution in [-0.2, 0) is 6.54 Å². The number of hydrogen-bond acceptors (Lipinski definition) is 6. The minimum absolute atomic E-state index is 0. The van der Waals surface area contributed by atoms with Gasteiger partial charge in [0, 0.05) is 12.4 Å². The van der Waals surface area contributed by atoms with Crippen LogP contribution in [0, 0.1) is 0 Å². The second-order valence-corrected chi connectivity index (χ2v) is 6.63. The Bertz CT molecular complexity index is 1140. The normalized spacial score (nSPS) is 12.4. The lowest BCUT2D eigenvalue weighted by Gasteiger charge is -2.15. The average molecular weight is 536 g/mol. The molecule has 4 aromatic rings. The van der Waals surface area contributed by atoms with Crippen molar-refractivity contribution in [2.45, 2.75) is 26.4 Å². The summed E-state index contributed by atoms with van der Waals surface area (Å²) >= 11 is 0. The van der Waals surface area contributed by atoms with Crippen molar-refractivity contribution in [3.63, 3.8) is 0 Å². The summed E-state index contributed by atoms with van der Waals surface area (Å²) in [6.45, 7) is 4.97. The van der Waals surface area contributed by atoms with Crippen LogP contribution in [0.25, 0.3) is 22.6 Å². The van der Waals surface area contributed by atoms with Crippen LogP contribution in [0.2, 0.25) is 0 Å². The van der Waals surface area contributed by atoms with E-state index in [0.717, 1.165) is 22.5 Å². The van der Waals surface area contributed by atoms with Gasteiger partial charge in [-0.2, -0.15) is 0 Å². The largest absolute Gasteiger partial charge is 0.490 e. The second-order valence-electron chi connectivity index (χ2n) is 6.63. The van der Waals surface area contributed by atoms with Crippen LogP contribution < -0.4 is 15.4 Å². The lowest BCUT2D eigenvalue weighted by atomic mass is 10.2. The van der Waals surface area contributed by atoms with E-state index in [1.54, 1.807) is 19.4 Å². The van der Waals surface area contributed by atoms with E-state index in [9.17, 15) is 0 Å². The summed E-state index contributed by atoms with van der Waals surface area (Å²) in [5.74, 6) is 3.95. The Morgan fingerprint density at radius 2 is 2.16 bits per heavy atom. The zero-order valence-corrected chi connectivity index (χ0v) is 19.8. The van der Waals surface area contributed by atoms with Gasteiger partial charge in [-0.05, 0) is 38.1 Å². The molecule has 0 radical (unpaired) electrons. The number of para-hydroxylation sites is 1. The van der Waals surface area contributed by atoms with Crippen molar-refractivity contribution in [1.29, 1.82) is 0 Å². The number of ether oxygens (including phenoxy) is 1. The molecular formula is C21H25IN6O3. The topological polar surface area (TPSA) is 114 Å². The van der Waals surface area contributed by atoms with Crippen molar-refractivity contribution >= 4 is 40.9 Å². The van der Waals surface area contributed by atoms with E-state index in [1.165, 1.54) is 0 Å². The summed E-state index contributed by atoms with van der Waals surface area (Å²) in [6.07, 6.45) is 1.59. The quantitative estimate of drug-likeness (QED) is 0.184. The Labute approximate surface area is 196 Å². The summed E-state index contributed by atoms with van der Waals surface area (Å²) in [5.41, 5.74) is 0.748. The first-order chi connectivity index (χ1) is 14.7. The maximum Gasteiger partial charge on any atom is 0.216 e. The van der Waals surface area contributed by atoms with E-state index in [-0.39, 0.29) is 30.0 Å². The van der Waals surface area contributed by atoms with Crippen LogP contribution in [0.1, 0.15) is 31.5 Å². The molecule has 0 saturated carbocycles. The third-order valence-corrected chi connectivity index (χ3v) is 4.53. The van der Waals surface area contributed by atoms with Gasteiger partial charge in [-0.3, -0.25) is 10.1 Å². The molecule has 0 aliphatic carbocycles. The van der Waals surface area contributed by atoms with Gasteiger partial charge < -0.3 is 24.2 Å². The van der Waals surface area contributed by atoms with Crippen molar-refractivity contribution < 1.29 is 13.6 Å². The molecule has 9 nitrogen and oxygen atoms in total. The highest BCUT2D eigenvalue weighted by Crippen LogP contribution is 2.31. The molecule has 1 unspecified atom stereocenters. The number of hydrogen-bond donors (Lipinski definition) is 3. The summed E-state index contributed by atoms with van der Waals surface area (Å²) in [4.78, 5) is 8.69. The van der Waals surface area contributed by atoms with Crippen LogP contribution in [0.3, 0.4) is 0 Å². The molecule has 0 aliphatic rings. The van der Waals surface area contributed by atoms with E-state index < -0.39 is 0 Å². The lowest BCUT2D eigenvalue weighted by Crippen LogP contribution is -2.38. The zero-order valence-electron chi connectivity index (χ0n) is 17.5. The molecule has 0 bridgehead atoms. The first-order valence-electron chi connectivity index (χ1n) is 9.75. The molecule has 164 valence electrons. The van der Waals surface area contributed by atoms with E-state index in [2.05, 4.69) is 30.8 Å². The second kappa shape index (κ2) is 10.3. The molecule has 0 aliphatic heterocycles. The molecule has 1 atom stereocenters. The minimum atomic E-state index is -0.105. The first kappa shape index (κ1) is 22.7. The fourth-order valence-electron chi connectivity index (χ4n) is 3.07. The molecule has 10 heteroatoms. The molecule has 0 saturated heterocycles. The number of halogens is 1. The molecule has 3 N–H and O–H groups in total. The first-order valence-corrected chi connectivity index (χ1v) is 9.75. The highest BCUT2D eigenvalue weighted by atomic mass is 127. The van der Waals surface area contributed by atoms with Gasteiger partial charge in [0.05, 0.1) is 25.5 Å². The molecule has 3 aromatic heterocycles. The van der Waals surface area contributed by atoms with Crippen molar-refractivity contribution in [2.75, 3.05) is 13.7 Å². The number of guanidine groups is 1. The number of aromatic nitrogens is 3. The zero-order chi connectivity index (χ0) is 20.9. The van der Waals surface area contributed by atoms with Gasteiger partial charge in [-0.25, -0.2) is 4.98 Å². The van der Waals surface area contributed by atoms with E-state index in [1.807, 2.05) is 44.2 Å². The van der Waals surface area contributed by atoms with Crippen LogP contribution in [-0.4, -0.2) is 34.8 Å². The predicted molar refractivity (Wildman–Crippen MR) is 129 cm³/mol. The molecule has 31 heavy (non-hydrogen) atoms. The number of aliphatic imine (C=N–C) groups is 1. The van der Waals surface area contributed by atoms with E-state index in [0.29, 0.717) is 36.5 Å². The molecule has 1 aromatic carbocycles. The third kappa shape index (κ3) is 5.19. The monoisotopic (exact) mass is 536 g/mol. The molecule has 4 rings (SSSR count). The van der Waals surface area contributed by atoms with Gasteiger partial charge in [0.15, 0.2) is 23.1 Å². The highest BCUT2D eigenvalue weighted by molar-refractivity contribution is 14.0. The van der Waals surface area contributed by atoms with Crippen LogP contribution in [0.4, 0.5) is 0 Å². The van der Waals surface area contributed by atoms with Gasteiger partial charge in [0.2, 0.25) is 5.82 Å². The number of nitrogens with zero attached hydrogens (tertiary/aromatic N) is 3. The SMILES string of the molecule is CCOc1cccc2cc(C(C)NC(=NC)NCc3nc(-c4ccco4)n[nH]3)oc12.I. The standard InChI is InChI=1S/C21H24N6O3.HI/c1-4-28-15-8-5-7-14-11-17(30-19(14)15)13(2)24-21(22-3)23-12-18-25-20(27-26-18)16-9-6-10-29-16;/h5-11,13H,4,12H2,1-3H3,(H2,22,23,24)(H,25,26,27);1H. The van der Waals surface area contributed by atoms with Gasteiger partial charge in [0.1, 0.15) is 11.6 Å². The number of benzene rings is 1. The smallest absolute Gasteiger partial charge is 0.216 e. The number of rotatable bonds is 7. The molecule has 3 heterocycles. The Hall–Kier alpha value is -3.02. The number of nitrogens with one attached hydrogen (secondary N) is 3. The van der Waals surface area contributed by atoms with Crippen LogP contribution in [0.5, 0.6) is 5.75 Å². The van der Waals surface area contributed by atoms with Crippen LogP contribution >= 0.6 is 24.0 Å². The number of fused-ring (bicyclic) bond motifs is 1. The minimum Gasteiger partial charge on any atom is -0.490 e. The number of H-pyrrole nitrogens is 1. The van der Waals surface area contributed by atoms with Crippen molar-refractivity contribution in [3.05, 3.63) is 54.2 Å². The summed E-state index contributed by atoms with van der Waals surface area (Å²) in [5, 5.41) is 14.6. The fraction of sp³-hybridized carbons (Fsp3) is 0.286. The van der Waals surface area contributed by atoms with Crippen molar-refractivity contribution in [3.8, 4) is 17.3 Å². The molecule has 0 spiro atoms. The number of aromatic amines is 1. The van der Waals surface area contributed by atoms with E-state index >= 15 is 0 Å². The van der Waals surface area contributed by atoms with Gasteiger partial charge in [-0.1, -0.05) is 12.1 Å². The third-order valence-electron chi connectivity index (χ3n) is 4.53. The number of furan rings is 2. The molecule has 0 amide bonds. The Morgan fingerprint density at radius 1 is 1.29 bits per heavy atom. The molecule has 0 fully saturated rings. The van der Waals surface area contributed by atoms with Crippen molar-refractivity contribution in [2.24, 2.45) is 4.99 Å². The maximum absolute atomic E-state index is 6.06. The van der Waals surface area contributed by atoms with Gasteiger partial charge in [-0.15, -0.1) is 29.1 Å². The Morgan fingerprint density at radius 3 is 2.90 bits per heavy atom. The lowest BCUT2D eigenvalue weighted by molar-refractivity contribution is 0.336. The van der Waals surface area contributed by atoms with Gasteiger partial charge in [0.25, 0.3) is 0 Å². The summed E-state index contributed by atoms with van der Waals surface area (Å²) < 4.78 is 17.0. The Kier molecular flexibility index (Phi) is 7.55. The highest BCUT2D eigenvalue weighted by Gasteiger charge is 2.16. The summed E-state index contributed by atoms with van der Waals surface area (Å²) in [7, 11) is 1.71. The van der Waals surface area contributed by atoms with E-state index in [4.69, 9.17) is 13.6 Å². The van der Waals surface area contributed by atoms with Crippen LogP contribution in [0.15, 0.2) is 56.5 Å². The summed E-state index contributed by atoms with van der Waals surface area (Å²) in [6, 6.07) is 11.4. The molecular weight excluding hydrogens is 511 g/mol. The maximum atomic E-state index is 6.06. The van der Waals surface area contributed by atoms with Crippen molar-refractivity contribution in [1.82, 2.24) is 25.8 Å². The van der Waals surface area contributed by atoms with Gasteiger partial charge >= 0.3 is 0 Å². The fourth-order valence-corrected chi connectivity index (χ4v) is 3.07. The Balaban J connectivity index is 0.00000272. The average Bonchev–Trinajstić information content (AvgIpc) is 3.51.